The number of methoxy groups -OCH3 is 1. The van der Waals surface area contributed by atoms with Crippen LogP contribution in [-0.2, 0) is 9.53 Å². The summed E-state index contributed by atoms with van der Waals surface area (Å²) in [6.07, 6.45) is 0. The SMILES string of the molecule is COC(=O)[C@@H](C)c1c(C)nc(N)[nH]c1=O. The normalized spacial score (nSPS) is 12.2. The molecule has 6 heteroatoms. The molecule has 1 rings (SSSR count). The number of aromatic nitrogens is 2. The van der Waals surface area contributed by atoms with Gasteiger partial charge in [-0.05, 0) is 13.8 Å². The Kier molecular flexibility index (Phi) is 3.08. The van der Waals surface area contributed by atoms with Crippen molar-refractivity contribution in [2.24, 2.45) is 0 Å². The Bertz CT molecular complexity index is 439. The Balaban J connectivity index is 3.26. The third kappa shape index (κ3) is 2.15. The van der Waals surface area contributed by atoms with E-state index in [1.807, 2.05) is 0 Å². The number of carbonyl (C=O) groups excluding carboxylic acids is 1. The molecule has 6 nitrogen and oxygen atoms in total. The van der Waals surface area contributed by atoms with Crippen LogP contribution in [0.1, 0.15) is 24.1 Å². The summed E-state index contributed by atoms with van der Waals surface area (Å²) in [5, 5.41) is 0. The Hall–Kier alpha value is -1.85. The van der Waals surface area contributed by atoms with Crippen molar-refractivity contribution in [3.8, 4) is 0 Å². The number of aromatic amines is 1. The van der Waals surface area contributed by atoms with Crippen molar-refractivity contribution in [2.75, 3.05) is 12.8 Å². The number of nitrogens with two attached hydrogens (primary N) is 1. The van der Waals surface area contributed by atoms with Gasteiger partial charge < -0.3 is 10.5 Å². The summed E-state index contributed by atoms with van der Waals surface area (Å²) < 4.78 is 4.56. The quantitative estimate of drug-likeness (QED) is 0.667. The van der Waals surface area contributed by atoms with Crippen LogP contribution in [-0.4, -0.2) is 23.0 Å². The van der Waals surface area contributed by atoms with Gasteiger partial charge in [-0.3, -0.25) is 14.6 Å². The van der Waals surface area contributed by atoms with Gasteiger partial charge in [-0.25, -0.2) is 4.98 Å². The van der Waals surface area contributed by atoms with E-state index in [-0.39, 0.29) is 11.5 Å². The van der Waals surface area contributed by atoms with Gasteiger partial charge in [-0.2, -0.15) is 0 Å². The molecule has 1 aromatic heterocycles. The van der Waals surface area contributed by atoms with Crippen LogP contribution in [0.3, 0.4) is 0 Å². The van der Waals surface area contributed by atoms with Crippen molar-refractivity contribution in [3.05, 3.63) is 21.6 Å². The van der Waals surface area contributed by atoms with Gasteiger partial charge in [-0.15, -0.1) is 0 Å². The number of ether oxygens (including phenoxy) is 1. The Morgan fingerprint density at radius 3 is 2.67 bits per heavy atom. The fourth-order valence-electron chi connectivity index (χ4n) is 1.42. The first-order valence-corrected chi connectivity index (χ1v) is 4.41. The van der Waals surface area contributed by atoms with Crippen molar-refractivity contribution >= 4 is 11.9 Å². The highest BCUT2D eigenvalue weighted by Crippen LogP contribution is 2.15. The number of hydrogen-bond donors (Lipinski definition) is 2. The molecule has 0 amide bonds. The van der Waals surface area contributed by atoms with E-state index in [4.69, 9.17) is 5.73 Å². The largest absolute Gasteiger partial charge is 0.469 e. The zero-order chi connectivity index (χ0) is 11.6. The summed E-state index contributed by atoms with van der Waals surface area (Å²) >= 11 is 0. The number of nitrogen functional groups attached to an aromatic ring is 1. The predicted octanol–water partition coefficient (Wildman–Crippen LogP) is -0.0630. The molecule has 0 aliphatic carbocycles. The summed E-state index contributed by atoms with van der Waals surface area (Å²) in [4.78, 5) is 29.0. The topological polar surface area (TPSA) is 98.1 Å². The highest BCUT2D eigenvalue weighted by molar-refractivity contribution is 5.77. The molecule has 0 spiro atoms. The first-order chi connectivity index (χ1) is 6.97. The number of nitrogens with zero attached hydrogens (tertiary/aromatic N) is 1. The van der Waals surface area contributed by atoms with Gasteiger partial charge in [0, 0.05) is 0 Å². The van der Waals surface area contributed by atoms with E-state index in [0.29, 0.717) is 5.69 Å². The lowest BCUT2D eigenvalue weighted by atomic mass is 10.0. The van der Waals surface area contributed by atoms with E-state index in [1.165, 1.54) is 7.11 Å². The molecule has 0 fully saturated rings. The van der Waals surface area contributed by atoms with E-state index in [0.717, 1.165) is 0 Å². The summed E-state index contributed by atoms with van der Waals surface area (Å²) in [6, 6.07) is 0. The van der Waals surface area contributed by atoms with Crippen molar-refractivity contribution in [2.45, 2.75) is 19.8 Å². The lowest BCUT2D eigenvalue weighted by Gasteiger charge is -2.10. The van der Waals surface area contributed by atoms with Crippen LogP contribution in [0.15, 0.2) is 4.79 Å². The average molecular weight is 211 g/mol. The van der Waals surface area contributed by atoms with Gasteiger partial charge in [-0.1, -0.05) is 0 Å². The van der Waals surface area contributed by atoms with Crippen LogP contribution >= 0.6 is 0 Å². The fourth-order valence-corrected chi connectivity index (χ4v) is 1.42. The van der Waals surface area contributed by atoms with Gasteiger partial charge in [0.1, 0.15) is 0 Å². The predicted molar refractivity (Wildman–Crippen MR) is 54.4 cm³/mol. The molecule has 0 unspecified atom stereocenters. The van der Waals surface area contributed by atoms with E-state index < -0.39 is 17.4 Å². The van der Waals surface area contributed by atoms with Gasteiger partial charge in [0.15, 0.2) is 0 Å². The number of rotatable bonds is 2. The molecule has 0 aliphatic heterocycles. The maximum absolute atomic E-state index is 11.5. The monoisotopic (exact) mass is 211 g/mol. The number of hydrogen-bond acceptors (Lipinski definition) is 5. The lowest BCUT2D eigenvalue weighted by molar-refractivity contribution is -0.142. The maximum Gasteiger partial charge on any atom is 0.313 e. The molecule has 0 aromatic carbocycles. The number of H-pyrrole nitrogens is 1. The van der Waals surface area contributed by atoms with E-state index in [2.05, 4.69) is 14.7 Å². The molecule has 1 aromatic rings. The van der Waals surface area contributed by atoms with Crippen LogP contribution in [0.2, 0.25) is 0 Å². The summed E-state index contributed by atoms with van der Waals surface area (Å²) in [7, 11) is 1.27. The van der Waals surface area contributed by atoms with Crippen LogP contribution in [0.5, 0.6) is 0 Å². The van der Waals surface area contributed by atoms with E-state index in [9.17, 15) is 9.59 Å². The van der Waals surface area contributed by atoms with Gasteiger partial charge in [0.2, 0.25) is 5.95 Å². The lowest BCUT2D eigenvalue weighted by Crippen LogP contribution is -2.24. The third-order valence-electron chi connectivity index (χ3n) is 2.15. The number of aryl methyl sites for hydroxylation is 1. The molecule has 15 heavy (non-hydrogen) atoms. The molecule has 0 bridgehead atoms. The summed E-state index contributed by atoms with van der Waals surface area (Å²) in [5.74, 6) is -1.08. The first kappa shape index (κ1) is 11.2. The van der Waals surface area contributed by atoms with Gasteiger partial charge in [0.05, 0.1) is 24.3 Å². The fraction of sp³-hybridized carbons (Fsp3) is 0.444. The van der Waals surface area contributed by atoms with Crippen LogP contribution in [0.4, 0.5) is 5.95 Å². The molecule has 0 aliphatic rings. The molecule has 0 radical (unpaired) electrons. The second-order valence-electron chi connectivity index (χ2n) is 3.20. The van der Waals surface area contributed by atoms with Crippen molar-refractivity contribution < 1.29 is 9.53 Å². The molecular formula is C9H13N3O3. The third-order valence-corrected chi connectivity index (χ3v) is 2.15. The molecule has 0 saturated heterocycles. The zero-order valence-electron chi connectivity index (χ0n) is 8.83. The van der Waals surface area contributed by atoms with Crippen molar-refractivity contribution in [1.29, 1.82) is 0 Å². The highest BCUT2D eigenvalue weighted by Gasteiger charge is 2.22. The number of esters is 1. The summed E-state index contributed by atoms with van der Waals surface area (Å²) in [5.41, 5.74) is 5.68. The maximum atomic E-state index is 11.5. The van der Waals surface area contributed by atoms with Gasteiger partial charge >= 0.3 is 5.97 Å². The standard InChI is InChI=1S/C9H13N3O3/c1-4(8(14)15-3)6-5(2)11-9(10)12-7(6)13/h4H,1-3H3,(H3,10,11,12,13)/t4-/m0/s1. The minimum absolute atomic E-state index is 0.0401. The van der Waals surface area contributed by atoms with Crippen LogP contribution in [0.25, 0.3) is 0 Å². The first-order valence-electron chi connectivity index (χ1n) is 4.41. The number of nitrogens with one attached hydrogen (secondary N) is 1. The zero-order valence-corrected chi connectivity index (χ0v) is 8.83. The second kappa shape index (κ2) is 4.12. The van der Waals surface area contributed by atoms with Crippen LogP contribution < -0.4 is 11.3 Å². The molecule has 1 heterocycles. The van der Waals surface area contributed by atoms with Crippen molar-refractivity contribution in [3.63, 3.8) is 0 Å². The minimum Gasteiger partial charge on any atom is -0.469 e. The average Bonchev–Trinajstić information content (AvgIpc) is 2.14. The molecule has 0 saturated carbocycles. The smallest absolute Gasteiger partial charge is 0.313 e. The Labute approximate surface area is 86.5 Å². The van der Waals surface area contributed by atoms with Gasteiger partial charge in [0.25, 0.3) is 5.56 Å². The molecule has 3 N–H and O–H groups in total. The van der Waals surface area contributed by atoms with E-state index in [1.54, 1.807) is 13.8 Å². The highest BCUT2D eigenvalue weighted by atomic mass is 16.5. The Morgan fingerprint density at radius 2 is 2.20 bits per heavy atom. The van der Waals surface area contributed by atoms with Crippen molar-refractivity contribution in [1.82, 2.24) is 9.97 Å². The summed E-state index contributed by atoms with van der Waals surface area (Å²) in [6.45, 7) is 3.21. The van der Waals surface area contributed by atoms with E-state index >= 15 is 0 Å². The minimum atomic E-state index is -0.646. The molecule has 82 valence electrons. The van der Waals surface area contributed by atoms with Crippen LogP contribution in [0, 0.1) is 6.92 Å². The molecule has 1 atom stereocenters. The second-order valence-corrected chi connectivity index (χ2v) is 3.20. The number of anilines is 1. The Morgan fingerprint density at radius 1 is 1.60 bits per heavy atom. The molecular weight excluding hydrogens is 198 g/mol. The number of carbonyl (C=O) groups is 1.